The number of aromatic nitrogens is 1. The van der Waals surface area contributed by atoms with Crippen LogP contribution in [0.4, 0.5) is 11.5 Å². The van der Waals surface area contributed by atoms with Gasteiger partial charge in [0.05, 0.1) is 0 Å². The molecule has 1 aromatic heterocycles. The number of anilines is 1. The van der Waals surface area contributed by atoms with Gasteiger partial charge in [0.25, 0.3) is 0 Å². The van der Waals surface area contributed by atoms with Crippen molar-refractivity contribution in [2.75, 3.05) is 5.32 Å². The summed E-state index contributed by atoms with van der Waals surface area (Å²) >= 11 is 0. The summed E-state index contributed by atoms with van der Waals surface area (Å²) in [5, 5.41) is 3.49. The SMILES string of the molecule is Cc1cccc(C)c1N/C(=N\c1ccccn1)c1ccccc1. The first-order chi connectivity index (χ1) is 11.2. The number of aliphatic imine (C=N–C) groups is 1. The lowest BCUT2D eigenvalue weighted by molar-refractivity contribution is 1.26. The third-order valence-corrected chi connectivity index (χ3v) is 3.65. The van der Waals surface area contributed by atoms with Crippen molar-refractivity contribution in [3.63, 3.8) is 0 Å². The second-order valence-corrected chi connectivity index (χ2v) is 5.41. The Hall–Kier alpha value is -2.94. The molecule has 23 heavy (non-hydrogen) atoms. The fourth-order valence-corrected chi connectivity index (χ4v) is 2.43. The van der Waals surface area contributed by atoms with Crippen LogP contribution in [0, 0.1) is 13.8 Å². The van der Waals surface area contributed by atoms with E-state index in [1.165, 1.54) is 11.1 Å². The molecule has 3 nitrogen and oxygen atoms in total. The minimum atomic E-state index is 0.685. The molecule has 114 valence electrons. The van der Waals surface area contributed by atoms with Gasteiger partial charge >= 0.3 is 0 Å². The maximum absolute atomic E-state index is 4.70. The molecule has 0 radical (unpaired) electrons. The van der Waals surface area contributed by atoms with Gasteiger partial charge in [-0.25, -0.2) is 9.98 Å². The van der Waals surface area contributed by atoms with E-state index in [0.717, 1.165) is 17.1 Å². The Bertz CT molecular complexity index is 789. The summed E-state index contributed by atoms with van der Waals surface area (Å²) < 4.78 is 0. The van der Waals surface area contributed by atoms with Gasteiger partial charge in [0.2, 0.25) is 0 Å². The lowest BCUT2D eigenvalue weighted by atomic mass is 10.1. The van der Waals surface area contributed by atoms with E-state index in [0.29, 0.717) is 5.82 Å². The Morgan fingerprint density at radius 1 is 0.826 bits per heavy atom. The van der Waals surface area contributed by atoms with Crippen molar-refractivity contribution in [2.24, 2.45) is 4.99 Å². The highest BCUT2D eigenvalue weighted by atomic mass is 15.0. The molecule has 0 spiro atoms. The summed E-state index contributed by atoms with van der Waals surface area (Å²) in [6.07, 6.45) is 1.75. The average Bonchev–Trinajstić information content (AvgIpc) is 2.59. The van der Waals surface area contributed by atoms with Gasteiger partial charge < -0.3 is 5.32 Å². The molecule has 1 heterocycles. The van der Waals surface area contributed by atoms with Gasteiger partial charge in [-0.2, -0.15) is 0 Å². The van der Waals surface area contributed by atoms with Crippen LogP contribution in [-0.2, 0) is 0 Å². The second-order valence-electron chi connectivity index (χ2n) is 5.41. The third kappa shape index (κ3) is 3.64. The third-order valence-electron chi connectivity index (χ3n) is 3.65. The minimum Gasteiger partial charge on any atom is -0.339 e. The van der Waals surface area contributed by atoms with Crippen LogP contribution < -0.4 is 5.32 Å². The maximum Gasteiger partial charge on any atom is 0.154 e. The predicted octanol–water partition coefficient (Wildman–Crippen LogP) is 4.89. The quantitative estimate of drug-likeness (QED) is 0.552. The Kier molecular flexibility index (Phi) is 4.48. The molecule has 0 aliphatic carbocycles. The molecule has 0 atom stereocenters. The Morgan fingerprint density at radius 2 is 1.52 bits per heavy atom. The summed E-state index contributed by atoms with van der Waals surface area (Å²) in [5.74, 6) is 1.48. The molecule has 0 saturated carbocycles. The van der Waals surface area contributed by atoms with Gasteiger partial charge in [0.15, 0.2) is 5.82 Å². The average molecular weight is 301 g/mol. The molecule has 0 bridgehead atoms. The molecule has 0 aliphatic rings. The first kappa shape index (κ1) is 15.0. The molecule has 3 aromatic rings. The van der Waals surface area contributed by atoms with Crippen LogP contribution in [0.2, 0.25) is 0 Å². The molecule has 1 N–H and O–H groups in total. The molecule has 0 aliphatic heterocycles. The lowest BCUT2D eigenvalue weighted by Gasteiger charge is -2.15. The van der Waals surface area contributed by atoms with Crippen LogP contribution in [0.25, 0.3) is 0 Å². The van der Waals surface area contributed by atoms with Gasteiger partial charge in [0.1, 0.15) is 5.84 Å². The first-order valence-electron chi connectivity index (χ1n) is 7.62. The summed E-state index contributed by atoms with van der Waals surface area (Å²) in [6.45, 7) is 4.19. The van der Waals surface area contributed by atoms with Crippen molar-refractivity contribution < 1.29 is 0 Å². The van der Waals surface area contributed by atoms with E-state index in [2.05, 4.69) is 42.3 Å². The number of nitrogens with one attached hydrogen (secondary N) is 1. The van der Waals surface area contributed by atoms with E-state index >= 15 is 0 Å². The number of pyridine rings is 1. The molecule has 3 rings (SSSR count). The summed E-state index contributed by atoms with van der Waals surface area (Å²) in [4.78, 5) is 9.00. The van der Waals surface area contributed by atoms with Crippen molar-refractivity contribution in [3.05, 3.63) is 89.6 Å². The molecule has 0 fully saturated rings. The molecular formula is C20H19N3. The van der Waals surface area contributed by atoms with Crippen molar-refractivity contribution in [3.8, 4) is 0 Å². The number of para-hydroxylation sites is 1. The zero-order valence-electron chi connectivity index (χ0n) is 13.3. The Morgan fingerprint density at radius 3 is 2.17 bits per heavy atom. The van der Waals surface area contributed by atoms with Crippen molar-refractivity contribution >= 4 is 17.3 Å². The molecule has 3 heteroatoms. The van der Waals surface area contributed by atoms with Gasteiger partial charge in [-0.3, -0.25) is 0 Å². The van der Waals surface area contributed by atoms with Crippen LogP contribution >= 0.6 is 0 Å². The highest BCUT2D eigenvalue weighted by Crippen LogP contribution is 2.21. The van der Waals surface area contributed by atoms with Crippen LogP contribution in [0.5, 0.6) is 0 Å². The first-order valence-corrected chi connectivity index (χ1v) is 7.62. The number of hydrogen-bond donors (Lipinski definition) is 1. The normalized spacial score (nSPS) is 11.3. The fraction of sp³-hybridized carbons (Fsp3) is 0.100. The van der Waals surface area contributed by atoms with Crippen LogP contribution in [0.3, 0.4) is 0 Å². The fourth-order valence-electron chi connectivity index (χ4n) is 2.43. The highest BCUT2D eigenvalue weighted by molar-refractivity contribution is 6.09. The van der Waals surface area contributed by atoms with E-state index < -0.39 is 0 Å². The second kappa shape index (κ2) is 6.88. The van der Waals surface area contributed by atoms with Crippen molar-refractivity contribution in [1.82, 2.24) is 4.98 Å². The number of rotatable bonds is 3. The predicted molar refractivity (Wildman–Crippen MR) is 96.4 cm³/mol. The van der Waals surface area contributed by atoms with Crippen LogP contribution in [0.1, 0.15) is 16.7 Å². The van der Waals surface area contributed by atoms with Crippen molar-refractivity contribution in [1.29, 1.82) is 0 Å². The van der Waals surface area contributed by atoms with E-state index in [1.807, 2.05) is 48.5 Å². The Labute approximate surface area is 136 Å². The van der Waals surface area contributed by atoms with E-state index in [-0.39, 0.29) is 0 Å². The molecule has 0 unspecified atom stereocenters. The van der Waals surface area contributed by atoms with E-state index in [4.69, 9.17) is 4.99 Å². The largest absolute Gasteiger partial charge is 0.339 e. The monoisotopic (exact) mass is 301 g/mol. The molecule has 0 saturated heterocycles. The minimum absolute atomic E-state index is 0.685. The highest BCUT2D eigenvalue weighted by Gasteiger charge is 2.08. The molecule has 2 aromatic carbocycles. The van der Waals surface area contributed by atoms with Gasteiger partial charge in [-0.1, -0.05) is 54.6 Å². The van der Waals surface area contributed by atoms with E-state index in [1.54, 1.807) is 6.20 Å². The zero-order chi connectivity index (χ0) is 16.1. The number of nitrogens with zero attached hydrogens (tertiary/aromatic N) is 2. The molecule has 0 amide bonds. The van der Waals surface area contributed by atoms with Crippen molar-refractivity contribution in [2.45, 2.75) is 13.8 Å². The van der Waals surface area contributed by atoms with Gasteiger partial charge in [-0.15, -0.1) is 0 Å². The maximum atomic E-state index is 4.70. The van der Waals surface area contributed by atoms with Crippen LogP contribution in [-0.4, -0.2) is 10.8 Å². The van der Waals surface area contributed by atoms with E-state index in [9.17, 15) is 0 Å². The summed E-state index contributed by atoms with van der Waals surface area (Å²) in [6, 6.07) is 22.1. The summed E-state index contributed by atoms with van der Waals surface area (Å²) in [5.41, 5.74) is 4.50. The smallest absolute Gasteiger partial charge is 0.154 e. The summed E-state index contributed by atoms with van der Waals surface area (Å²) in [7, 11) is 0. The lowest BCUT2D eigenvalue weighted by Crippen LogP contribution is -2.15. The number of amidine groups is 1. The number of benzene rings is 2. The van der Waals surface area contributed by atoms with Gasteiger partial charge in [-0.05, 0) is 37.1 Å². The van der Waals surface area contributed by atoms with Crippen LogP contribution in [0.15, 0.2) is 77.9 Å². The number of hydrogen-bond acceptors (Lipinski definition) is 2. The number of aryl methyl sites for hydroxylation is 2. The standard InChI is InChI=1S/C20H19N3/c1-15-9-8-10-16(2)19(15)23-20(17-11-4-3-5-12-17)22-18-13-6-7-14-21-18/h3-14H,1-2H3,(H,21,22,23). The van der Waals surface area contributed by atoms with Gasteiger partial charge in [0, 0.05) is 17.4 Å². The Balaban J connectivity index is 2.05. The zero-order valence-corrected chi connectivity index (χ0v) is 13.3. The molecular weight excluding hydrogens is 282 g/mol. The topological polar surface area (TPSA) is 37.3 Å².